The monoisotopic (exact) mass is 304 g/mol. The molecule has 1 N–H and O–H groups in total. The van der Waals surface area contributed by atoms with Crippen molar-refractivity contribution in [3.05, 3.63) is 47.0 Å². The summed E-state index contributed by atoms with van der Waals surface area (Å²) in [6.45, 7) is 3.46. The number of tetrazole rings is 1. The van der Waals surface area contributed by atoms with E-state index in [0.717, 1.165) is 0 Å². The fourth-order valence-electron chi connectivity index (χ4n) is 1.52. The van der Waals surface area contributed by atoms with Gasteiger partial charge in [0.15, 0.2) is 12.4 Å². The molecule has 10 nitrogen and oxygen atoms in total. The van der Waals surface area contributed by atoms with Gasteiger partial charge in [0.25, 0.3) is 11.9 Å². The fraction of sp³-hybridized carbons (Fsp3) is 0.167. The number of ether oxygens (including phenoxy) is 1. The second-order valence-corrected chi connectivity index (χ2v) is 4.02. The van der Waals surface area contributed by atoms with Crippen LogP contribution in [0.3, 0.4) is 0 Å². The van der Waals surface area contributed by atoms with Gasteiger partial charge in [0.05, 0.1) is 11.5 Å². The largest absolute Gasteiger partial charge is 0.477 e. The fourth-order valence-corrected chi connectivity index (χ4v) is 1.52. The topological polar surface area (TPSA) is 125 Å². The first-order chi connectivity index (χ1) is 10.6. The van der Waals surface area contributed by atoms with E-state index in [2.05, 4.69) is 27.3 Å². The number of amides is 1. The second kappa shape index (κ2) is 6.92. The zero-order valence-electron chi connectivity index (χ0n) is 11.4. The molecule has 1 heterocycles. The third-order valence-electron chi connectivity index (χ3n) is 2.42. The molecule has 10 heteroatoms. The van der Waals surface area contributed by atoms with Crippen LogP contribution in [0, 0.1) is 10.1 Å². The maximum Gasteiger partial charge on any atom is 0.310 e. The van der Waals surface area contributed by atoms with E-state index in [0.29, 0.717) is 6.54 Å². The van der Waals surface area contributed by atoms with Crippen molar-refractivity contribution in [3.8, 4) is 5.75 Å². The first kappa shape index (κ1) is 15.1. The van der Waals surface area contributed by atoms with E-state index in [1.807, 2.05) is 0 Å². The minimum Gasteiger partial charge on any atom is -0.477 e. The molecule has 0 saturated carbocycles. The number of aromatic nitrogens is 4. The Hall–Kier alpha value is -3.30. The number of hydrogen-bond acceptors (Lipinski definition) is 7. The Kier molecular flexibility index (Phi) is 4.75. The molecule has 0 spiro atoms. The molecule has 0 fully saturated rings. The average Bonchev–Trinajstić information content (AvgIpc) is 2.93. The van der Waals surface area contributed by atoms with Crippen LogP contribution in [0.1, 0.15) is 0 Å². The summed E-state index contributed by atoms with van der Waals surface area (Å²) in [6.07, 6.45) is 1.57. The van der Waals surface area contributed by atoms with Gasteiger partial charge in [-0.05, 0) is 11.3 Å². The first-order valence-corrected chi connectivity index (χ1v) is 6.15. The highest BCUT2D eigenvalue weighted by molar-refractivity contribution is 5.90. The Morgan fingerprint density at radius 3 is 3.00 bits per heavy atom. The molecule has 2 aromatic rings. The molecule has 0 atom stereocenters. The molecular weight excluding hydrogens is 292 g/mol. The number of hydrogen-bond donors (Lipinski definition) is 1. The van der Waals surface area contributed by atoms with Crippen molar-refractivity contribution >= 4 is 17.5 Å². The van der Waals surface area contributed by atoms with Gasteiger partial charge in [0.2, 0.25) is 0 Å². The lowest BCUT2D eigenvalue weighted by atomic mass is 10.3. The molecule has 0 unspecified atom stereocenters. The van der Waals surface area contributed by atoms with E-state index in [4.69, 9.17) is 4.74 Å². The standard InChI is InChI=1S/C12H12N6O4/c1-2-7-17-15-12(14-16-17)13-11(19)8-22-10-6-4-3-5-9(10)18(20)21/h2-6H,1,7-8H2,(H,13,15,19). The second-order valence-electron chi connectivity index (χ2n) is 4.02. The van der Waals surface area contributed by atoms with Gasteiger partial charge in [-0.3, -0.25) is 20.2 Å². The average molecular weight is 304 g/mol. The molecule has 0 bridgehead atoms. The molecular formula is C12H12N6O4. The van der Waals surface area contributed by atoms with E-state index in [9.17, 15) is 14.9 Å². The Labute approximate surface area is 124 Å². The van der Waals surface area contributed by atoms with Gasteiger partial charge < -0.3 is 4.74 Å². The minimum atomic E-state index is -0.588. The highest BCUT2D eigenvalue weighted by Crippen LogP contribution is 2.25. The van der Waals surface area contributed by atoms with Crippen molar-refractivity contribution in [3.63, 3.8) is 0 Å². The maximum absolute atomic E-state index is 11.7. The van der Waals surface area contributed by atoms with Crippen LogP contribution in [0.4, 0.5) is 11.6 Å². The van der Waals surface area contributed by atoms with Gasteiger partial charge in [-0.15, -0.1) is 11.7 Å². The van der Waals surface area contributed by atoms with Crippen LogP contribution < -0.4 is 10.1 Å². The normalized spacial score (nSPS) is 10.0. The number of rotatable bonds is 7. The highest BCUT2D eigenvalue weighted by Gasteiger charge is 2.15. The molecule has 0 aliphatic heterocycles. The van der Waals surface area contributed by atoms with Gasteiger partial charge in [-0.2, -0.15) is 4.80 Å². The van der Waals surface area contributed by atoms with Crippen LogP contribution >= 0.6 is 0 Å². The smallest absolute Gasteiger partial charge is 0.310 e. The Balaban J connectivity index is 1.92. The van der Waals surface area contributed by atoms with Crippen molar-refractivity contribution in [2.45, 2.75) is 6.54 Å². The zero-order valence-corrected chi connectivity index (χ0v) is 11.4. The maximum atomic E-state index is 11.7. The van der Waals surface area contributed by atoms with Crippen molar-refractivity contribution in [1.82, 2.24) is 20.2 Å². The van der Waals surface area contributed by atoms with Crippen LogP contribution in [-0.4, -0.2) is 37.6 Å². The number of anilines is 1. The van der Waals surface area contributed by atoms with E-state index in [1.165, 1.54) is 23.0 Å². The number of benzene rings is 1. The summed E-state index contributed by atoms with van der Waals surface area (Å²) in [4.78, 5) is 23.2. The summed E-state index contributed by atoms with van der Waals surface area (Å²) in [5.74, 6) is -0.541. The summed E-state index contributed by atoms with van der Waals surface area (Å²) in [5, 5.41) is 24.3. The van der Waals surface area contributed by atoms with E-state index < -0.39 is 17.4 Å². The Morgan fingerprint density at radius 2 is 2.27 bits per heavy atom. The number of carbonyl (C=O) groups excluding carboxylic acids is 1. The van der Waals surface area contributed by atoms with E-state index >= 15 is 0 Å². The Morgan fingerprint density at radius 1 is 1.50 bits per heavy atom. The zero-order chi connectivity index (χ0) is 15.9. The third-order valence-corrected chi connectivity index (χ3v) is 2.42. The lowest BCUT2D eigenvalue weighted by molar-refractivity contribution is -0.385. The summed E-state index contributed by atoms with van der Waals surface area (Å²) in [7, 11) is 0. The number of nitro benzene ring substituents is 1. The summed E-state index contributed by atoms with van der Waals surface area (Å²) in [6, 6.07) is 5.77. The Bertz CT molecular complexity index is 698. The molecule has 0 radical (unpaired) electrons. The number of carbonyl (C=O) groups is 1. The third kappa shape index (κ3) is 3.85. The van der Waals surface area contributed by atoms with Gasteiger partial charge in [0.1, 0.15) is 0 Å². The van der Waals surface area contributed by atoms with Crippen LogP contribution in [0.15, 0.2) is 36.9 Å². The van der Waals surface area contributed by atoms with Crippen molar-refractivity contribution in [1.29, 1.82) is 0 Å². The lowest BCUT2D eigenvalue weighted by Gasteiger charge is -2.05. The first-order valence-electron chi connectivity index (χ1n) is 6.15. The summed E-state index contributed by atoms with van der Waals surface area (Å²) in [5.41, 5.74) is -0.217. The van der Waals surface area contributed by atoms with Gasteiger partial charge >= 0.3 is 5.69 Å². The number of nitro groups is 1. The van der Waals surface area contributed by atoms with Crippen LogP contribution in [-0.2, 0) is 11.3 Å². The van der Waals surface area contributed by atoms with Crippen LogP contribution in [0.2, 0.25) is 0 Å². The molecule has 2 rings (SSSR count). The molecule has 114 valence electrons. The van der Waals surface area contributed by atoms with E-state index in [-0.39, 0.29) is 17.4 Å². The molecule has 0 saturated heterocycles. The van der Waals surface area contributed by atoms with Crippen molar-refractivity contribution < 1.29 is 14.5 Å². The number of nitrogens with zero attached hydrogens (tertiary/aromatic N) is 5. The van der Waals surface area contributed by atoms with E-state index in [1.54, 1.807) is 12.1 Å². The summed E-state index contributed by atoms with van der Waals surface area (Å²) < 4.78 is 5.13. The van der Waals surface area contributed by atoms with Gasteiger partial charge in [0, 0.05) is 6.07 Å². The molecule has 0 aliphatic carbocycles. The molecule has 1 aromatic heterocycles. The quantitative estimate of drug-likeness (QED) is 0.455. The van der Waals surface area contributed by atoms with Crippen LogP contribution in [0.5, 0.6) is 5.75 Å². The number of allylic oxidation sites excluding steroid dienone is 1. The predicted molar refractivity (Wildman–Crippen MR) is 75.2 cm³/mol. The van der Waals surface area contributed by atoms with Crippen LogP contribution in [0.25, 0.3) is 0 Å². The van der Waals surface area contributed by atoms with Gasteiger partial charge in [-0.25, -0.2) is 0 Å². The molecule has 22 heavy (non-hydrogen) atoms. The molecule has 0 aliphatic rings. The van der Waals surface area contributed by atoms with Gasteiger partial charge in [-0.1, -0.05) is 23.3 Å². The molecule has 1 amide bonds. The highest BCUT2D eigenvalue weighted by atomic mass is 16.6. The number of para-hydroxylation sites is 2. The van der Waals surface area contributed by atoms with Crippen molar-refractivity contribution in [2.24, 2.45) is 0 Å². The SMILES string of the molecule is C=CCn1nnc(NC(=O)COc2ccccc2[N+](=O)[O-])n1. The van der Waals surface area contributed by atoms with Crippen molar-refractivity contribution in [2.75, 3.05) is 11.9 Å². The lowest BCUT2D eigenvalue weighted by Crippen LogP contribution is -2.21. The summed E-state index contributed by atoms with van der Waals surface area (Å²) >= 11 is 0. The predicted octanol–water partition coefficient (Wildman–Crippen LogP) is 0.785. The number of nitrogens with one attached hydrogen (secondary N) is 1. The molecule has 1 aromatic carbocycles. The minimum absolute atomic E-state index is 0.00548.